The molecule has 2 aliphatic rings. The Balaban J connectivity index is 2.01. The second-order valence-electron chi connectivity index (χ2n) is 6.02. The van der Waals surface area contributed by atoms with Crippen molar-refractivity contribution in [1.29, 1.82) is 0 Å². The molecule has 21 heavy (non-hydrogen) atoms. The monoisotopic (exact) mass is 298 g/mol. The lowest BCUT2D eigenvalue weighted by atomic mass is 9.96. The number of piperazine rings is 1. The molecule has 2 saturated heterocycles. The van der Waals surface area contributed by atoms with Crippen LogP contribution in [0.2, 0.25) is 0 Å². The van der Waals surface area contributed by atoms with Crippen molar-refractivity contribution in [3.05, 3.63) is 0 Å². The first kappa shape index (κ1) is 16.2. The maximum absolute atomic E-state index is 12.6. The summed E-state index contributed by atoms with van der Waals surface area (Å²) in [7, 11) is 1.62. The lowest BCUT2D eigenvalue weighted by Gasteiger charge is -2.44. The molecule has 0 aromatic heterocycles. The van der Waals surface area contributed by atoms with Gasteiger partial charge in [0.1, 0.15) is 12.1 Å². The van der Waals surface area contributed by atoms with Crippen LogP contribution >= 0.6 is 0 Å². The van der Waals surface area contributed by atoms with E-state index in [0.717, 1.165) is 19.4 Å². The van der Waals surface area contributed by atoms with Crippen LogP contribution < -0.4 is 0 Å². The van der Waals surface area contributed by atoms with Gasteiger partial charge in [0, 0.05) is 20.2 Å². The largest absolute Gasteiger partial charge is 0.382 e. The molecule has 0 radical (unpaired) electrons. The van der Waals surface area contributed by atoms with E-state index in [1.54, 1.807) is 16.9 Å². The first-order valence-electron chi connectivity index (χ1n) is 7.75. The molecule has 0 aromatic carbocycles. The maximum atomic E-state index is 12.6. The van der Waals surface area contributed by atoms with Crippen LogP contribution in [-0.2, 0) is 19.1 Å². The Kier molecular flexibility index (Phi) is 5.58. The van der Waals surface area contributed by atoms with E-state index in [9.17, 15) is 9.59 Å². The van der Waals surface area contributed by atoms with Crippen LogP contribution in [0, 0.1) is 5.92 Å². The quantitative estimate of drug-likeness (QED) is 0.643. The van der Waals surface area contributed by atoms with Crippen LogP contribution in [0.15, 0.2) is 0 Å². The van der Waals surface area contributed by atoms with E-state index in [-0.39, 0.29) is 29.8 Å². The lowest BCUT2D eigenvalue weighted by molar-refractivity contribution is -0.162. The van der Waals surface area contributed by atoms with E-state index < -0.39 is 0 Å². The highest BCUT2D eigenvalue weighted by atomic mass is 16.5. The fourth-order valence-corrected chi connectivity index (χ4v) is 3.22. The average molecular weight is 298 g/mol. The van der Waals surface area contributed by atoms with Gasteiger partial charge >= 0.3 is 0 Å². The Morgan fingerprint density at radius 3 is 2.62 bits per heavy atom. The van der Waals surface area contributed by atoms with Gasteiger partial charge in [-0.15, -0.1) is 0 Å². The zero-order chi connectivity index (χ0) is 15.4. The Bertz CT molecular complexity index is 386. The van der Waals surface area contributed by atoms with Crippen molar-refractivity contribution in [1.82, 2.24) is 9.80 Å². The number of carbonyl (C=O) groups is 2. The van der Waals surface area contributed by atoms with Gasteiger partial charge in [-0.1, -0.05) is 13.8 Å². The second kappa shape index (κ2) is 7.22. The normalized spacial score (nSPS) is 25.9. The molecule has 6 heteroatoms. The number of amides is 2. The van der Waals surface area contributed by atoms with E-state index in [0.29, 0.717) is 26.4 Å². The highest BCUT2D eigenvalue weighted by Gasteiger charge is 2.48. The predicted octanol–water partition coefficient (Wildman–Crippen LogP) is 0.507. The first-order valence-corrected chi connectivity index (χ1v) is 7.75. The minimum Gasteiger partial charge on any atom is -0.382 e. The molecule has 2 unspecified atom stereocenters. The molecular weight excluding hydrogens is 272 g/mol. The van der Waals surface area contributed by atoms with Crippen molar-refractivity contribution in [3.63, 3.8) is 0 Å². The smallest absolute Gasteiger partial charge is 0.246 e. The number of fused-ring (bicyclic) bond motifs is 1. The van der Waals surface area contributed by atoms with E-state index in [2.05, 4.69) is 0 Å². The number of nitrogens with zero attached hydrogens (tertiary/aromatic N) is 2. The number of hydrogen-bond acceptors (Lipinski definition) is 4. The van der Waals surface area contributed by atoms with Crippen LogP contribution in [0.1, 0.15) is 26.7 Å². The van der Waals surface area contributed by atoms with Crippen molar-refractivity contribution in [2.24, 2.45) is 5.92 Å². The van der Waals surface area contributed by atoms with Gasteiger partial charge < -0.3 is 19.3 Å². The van der Waals surface area contributed by atoms with Crippen LogP contribution in [-0.4, -0.2) is 73.7 Å². The van der Waals surface area contributed by atoms with Gasteiger partial charge in [-0.2, -0.15) is 0 Å². The average Bonchev–Trinajstić information content (AvgIpc) is 2.93. The van der Waals surface area contributed by atoms with E-state index >= 15 is 0 Å². The Morgan fingerprint density at radius 2 is 1.95 bits per heavy atom. The molecule has 2 rings (SSSR count). The van der Waals surface area contributed by atoms with Crippen molar-refractivity contribution >= 4 is 11.8 Å². The molecule has 0 N–H and O–H groups in total. The minimum absolute atomic E-state index is 0.0844. The molecule has 120 valence electrons. The van der Waals surface area contributed by atoms with Crippen LogP contribution in [0.5, 0.6) is 0 Å². The molecule has 6 nitrogen and oxygen atoms in total. The molecule has 0 saturated carbocycles. The Morgan fingerprint density at radius 1 is 1.19 bits per heavy atom. The zero-order valence-corrected chi connectivity index (χ0v) is 13.2. The van der Waals surface area contributed by atoms with Crippen LogP contribution in [0.4, 0.5) is 0 Å². The van der Waals surface area contributed by atoms with E-state index in [1.807, 2.05) is 13.8 Å². The summed E-state index contributed by atoms with van der Waals surface area (Å²) in [6.07, 6.45) is 1.71. The summed E-state index contributed by atoms with van der Waals surface area (Å²) in [6, 6.07) is -0.593. The minimum atomic E-state index is -0.349. The molecule has 2 fully saturated rings. The SMILES string of the molecule is COCCOCCN1C(=O)C2CCCN2C(=O)C1C(C)C. The molecule has 2 atom stereocenters. The summed E-state index contributed by atoms with van der Waals surface area (Å²) < 4.78 is 10.4. The van der Waals surface area contributed by atoms with Gasteiger partial charge in [-0.3, -0.25) is 9.59 Å². The van der Waals surface area contributed by atoms with Crippen molar-refractivity contribution in [2.45, 2.75) is 38.8 Å². The second-order valence-corrected chi connectivity index (χ2v) is 6.02. The van der Waals surface area contributed by atoms with Gasteiger partial charge in [-0.05, 0) is 18.8 Å². The third-order valence-electron chi connectivity index (χ3n) is 4.23. The Hall–Kier alpha value is -1.14. The van der Waals surface area contributed by atoms with Crippen LogP contribution in [0.3, 0.4) is 0 Å². The molecule has 0 aliphatic carbocycles. The third kappa shape index (κ3) is 3.37. The highest BCUT2D eigenvalue weighted by Crippen LogP contribution is 2.29. The number of hydrogen-bond donors (Lipinski definition) is 0. The van der Waals surface area contributed by atoms with Crippen molar-refractivity contribution < 1.29 is 19.1 Å². The number of methoxy groups -OCH3 is 1. The number of rotatable bonds is 7. The molecule has 0 spiro atoms. The van der Waals surface area contributed by atoms with Gasteiger partial charge in [0.05, 0.1) is 19.8 Å². The topological polar surface area (TPSA) is 59.1 Å². The summed E-state index contributed by atoms with van der Waals surface area (Å²) in [6.45, 7) is 6.66. The highest BCUT2D eigenvalue weighted by molar-refractivity contribution is 5.97. The molecule has 0 bridgehead atoms. The standard InChI is InChI=1S/C15H26N2O4/c1-11(2)13-15(19)16-6-4-5-12(16)14(18)17(13)7-8-21-10-9-20-3/h11-13H,4-10H2,1-3H3. The summed E-state index contributed by atoms with van der Waals surface area (Å²) >= 11 is 0. The molecular formula is C15H26N2O4. The Labute approximate surface area is 126 Å². The summed E-state index contributed by atoms with van der Waals surface area (Å²) in [5.74, 6) is 0.298. The lowest BCUT2D eigenvalue weighted by Crippen LogP contribution is -2.64. The summed E-state index contributed by atoms with van der Waals surface area (Å²) in [5.41, 5.74) is 0. The molecule has 2 amide bonds. The molecule has 0 aromatic rings. The van der Waals surface area contributed by atoms with Crippen molar-refractivity contribution in [3.8, 4) is 0 Å². The van der Waals surface area contributed by atoms with E-state index in [1.165, 1.54) is 0 Å². The number of ether oxygens (including phenoxy) is 2. The first-order chi connectivity index (χ1) is 10.1. The third-order valence-corrected chi connectivity index (χ3v) is 4.23. The van der Waals surface area contributed by atoms with Gasteiger partial charge in [0.15, 0.2) is 0 Å². The fraction of sp³-hybridized carbons (Fsp3) is 0.867. The maximum Gasteiger partial charge on any atom is 0.246 e. The van der Waals surface area contributed by atoms with Crippen LogP contribution in [0.25, 0.3) is 0 Å². The van der Waals surface area contributed by atoms with Crippen molar-refractivity contribution in [2.75, 3.05) is 40.0 Å². The zero-order valence-electron chi connectivity index (χ0n) is 13.2. The molecule has 2 heterocycles. The number of carbonyl (C=O) groups excluding carboxylic acids is 2. The van der Waals surface area contributed by atoms with Gasteiger partial charge in [-0.25, -0.2) is 0 Å². The van der Waals surface area contributed by atoms with Gasteiger partial charge in [0.2, 0.25) is 11.8 Å². The fourth-order valence-electron chi connectivity index (χ4n) is 3.22. The summed E-state index contributed by atoms with van der Waals surface area (Å²) in [4.78, 5) is 28.8. The van der Waals surface area contributed by atoms with Gasteiger partial charge in [0.25, 0.3) is 0 Å². The van der Waals surface area contributed by atoms with E-state index in [4.69, 9.17) is 9.47 Å². The predicted molar refractivity (Wildman–Crippen MR) is 77.8 cm³/mol. The summed E-state index contributed by atoms with van der Waals surface area (Å²) in [5, 5.41) is 0. The molecule has 2 aliphatic heterocycles.